The molecule has 2 rings (SSSR count). The number of hydrogen-bond donors (Lipinski definition) is 2. The molecule has 0 saturated carbocycles. The average molecular weight is 360 g/mol. The molecule has 0 aliphatic heterocycles. The van der Waals surface area contributed by atoms with Crippen LogP contribution < -0.4 is 11.1 Å². The van der Waals surface area contributed by atoms with Crippen LogP contribution in [0, 0.1) is 0 Å². The first-order valence-corrected chi connectivity index (χ1v) is 6.84. The topological polar surface area (TPSA) is 55.1 Å². The molecule has 98 valence electrons. The maximum absolute atomic E-state index is 12.1. The Morgan fingerprint density at radius 2 is 1.95 bits per heavy atom. The minimum atomic E-state index is -0.348. The summed E-state index contributed by atoms with van der Waals surface area (Å²) in [6.45, 7) is 0. The SMILES string of the molecule is Nc1ccc(Cl)c(NC(=O)c2cccc(Br)c2Cl)c1. The van der Waals surface area contributed by atoms with E-state index < -0.39 is 0 Å². The summed E-state index contributed by atoms with van der Waals surface area (Å²) >= 11 is 15.3. The monoisotopic (exact) mass is 358 g/mol. The molecule has 3 nitrogen and oxygen atoms in total. The predicted octanol–water partition coefficient (Wildman–Crippen LogP) is 4.59. The van der Waals surface area contributed by atoms with E-state index in [1.54, 1.807) is 36.4 Å². The number of nitrogens with one attached hydrogen (secondary N) is 1. The molecule has 0 aliphatic carbocycles. The van der Waals surface area contributed by atoms with Crippen LogP contribution in [0.25, 0.3) is 0 Å². The van der Waals surface area contributed by atoms with E-state index in [1.807, 2.05) is 0 Å². The Morgan fingerprint density at radius 3 is 2.68 bits per heavy atom. The number of carbonyl (C=O) groups is 1. The van der Waals surface area contributed by atoms with Crippen molar-refractivity contribution >= 4 is 56.4 Å². The van der Waals surface area contributed by atoms with E-state index in [4.69, 9.17) is 28.9 Å². The largest absolute Gasteiger partial charge is 0.399 e. The number of amides is 1. The number of carbonyl (C=O) groups excluding carboxylic acids is 1. The lowest BCUT2D eigenvalue weighted by Crippen LogP contribution is -2.13. The Kier molecular flexibility index (Phi) is 4.34. The zero-order valence-corrected chi connectivity index (χ0v) is 12.7. The summed E-state index contributed by atoms with van der Waals surface area (Å²) in [7, 11) is 0. The molecule has 0 saturated heterocycles. The molecule has 19 heavy (non-hydrogen) atoms. The van der Waals surface area contributed by atoms with Crippen LogP contribution in [0.5, 0.6) is 0 Å². The smallest absolute Gasteiger partial charge is 0.257 e. The van der Waals surface area contributed by atoms with Gasteiger partial charge in [-0.25, -0.2) is 0 Å². The van der Waals surface area contributed by atoms with Crippen LogP contribution in [0.4, 0.5) is 11.4 Å². The lowest BCUT2D eigenvalue weighted by atomic mass is 10.2. The number of anilines is 2. The van der Waals surface area contributed by atoms with Gasteiger partial charge >= 0.3 is 0 Å². The number of rotatable bonds is 2. The molecule has 0 fully saturated rings. The molecule has 0 heterocycles. The Bertz CT molecular complexity index is 647. The molecule has 6 heteroatoms. The minimum Gasteiger partial charge on any atom is -0.399 e. The molecule has 2 aromatic carbocycles. The maximum atomic E-state index is 12.1. The normalized spacial score (nSPS) is 10.3. The fourth-order valence-electron chi connectivity index (χ4n) is 1.51. The molecule has 2 aromatic rings. The van der Waals surface area contributed by atoms with Crippen molar-refractivity contribution in [2.45, 2.75) is 0 Å². The summed E-state index contributed by atoms with van der Waals surface area (Å²) < 4.78 is 0.653. The van der Waals surface area contributed by atoms with E-state index in [-0.39, 0.29) is 5.91 Å². The van der Waals surface area contributed by atoms with Crippen LogP contribution in [0.2, 0.25) is 10.0 Å². The number of benzene rings is 2. The summed E-state index contributed by atoms with van der Waals surface area (Å²) in [4.78, 5) is 12.1. The first-order chi connectivity index (χ1) is 8.99. The van der Waals surface area contributed by atoms with Crippen LogP contribution in [0.3, 0.4) is 0 Å². The van der Waals surface area contributed by atoms with Gasteiger partial charge in [0.15, 0.2) is 0 Å². The van der Waals surface area contributed by atoms with Gasteiger partial charge in [0.2, 0.25) is 0 Å². The molecular weight excluding hydrogens is 351 g/mol. The maximum Gasteiger partial charge on any atom is 0.257 e. The van der Waals surface area contributed by atoms with Crippen molar-refractivity contribution in [2.24, 2.45) is 0 Å². The van der Waals surface area contributed by atoms with Gasteiger partial charge in [-0.15, -0.1) is 0 Å². The molecule has 0 bridgehead atoms. The number of nitrogen functional groups attached to an aromatic ring is 1. The molecule has 0 aromatic heterocycles. The molecular formula is C13H9BrCl2N2O. The number of halogens is 3. The van der Waals surface area contributed by atoms with Crippen LogP contribution in [0.15, 0.2) is 40.9 Å². The molecule has 3 N–H and O–H groups in total. The third kappa shape index (κ3) is 3.21. The summed E-state index contributed by atoms with van der Waals surface area (Å²) in [6.07, 6.45) is 0. The van der Waals surface area contributed by atoms with Crippen molar-refractivity contribution in [2.75, 3.05) is 11.1 Å². The summed E-state index contributed by atoms with van der Waals surface area (Å²) in [5.41, 5.74) is 6.97. The van der Waals surface area contributed by atoms with Crippen molar-refractivity contribution in [1.82, 2.24) is 0 Å². The van der Waals surface area contributed by atoms with E-state index in [1.165, 1.54) is 0 Å². The van der Waals surface area contributed by atoms with Crippen molar-refractivity contribution in [3.8, 4) is 0 Å². The van der Waals surface area contributed by atoms with E-state index in [0.717, 1.165) is 0 Å². The molecule has 0 unspecified atom stereocenters. The second-order valence-corrected chi connectivity index (χ2v) is 5.43. The van der Waals surface area contributed by atoms with Gasteiger partial charge in [-0.05, 0) is 46.3 Å². The fourth-order valence-corrected chi connectivity index (χ4v) is 2.25. The average Bonchev–Trinajstić information content (AvgIpc) is 2.37. The van der Waals surface area contributed by atoms with Crippen molar-refractivity contribution in [1.29, 1.82) is 0 Å². The zero-order valence-electron chi connectivity index (χ0n) is 9.58. The number of nitrogens with two attached hydrogens (primary N) is 1. The highest BCUT2D eigenvalue weighted by Gasteiger charge is 2.13. The third-order valence-corrected chi connectivity index (χ3v) is 4.06. The van der Waals surface area contributed by atoms with Gasteiger partial charge in [0, 0.05) is 10.2 Å². The van der Waals surface area contributed by atoms with Gasteiger partial charge in [0.05, 0.1) is 21.3 Å². The lowest BCUT2D eigenvalue weighted by Gasteiger charge is -2.09. The summed E-state index contributed by atoms with van der Waals surface area (Å²) in [5, 5.41) is 3.44. The molecule has 0 atom stereocenters. The Labute approximate surface area is 128 Å². The van der Waals surface area contributed by atoms with E-state index >= 15 is 0 Å². The predicted molar refractivity (Wildman–Crippen MR) is 83.0 cm³/mol. The number of hydrogen-bond acceptors (Lipinski definition) is 2. The van der Waals surface area contributed by atoms with Crippen LogP contribution >= 0.6 is 39.1 Å². The van der Waals surface area contributed by atoms with Crippen molar-refractivity contribution in [3.63, 3.8) is 0 Å². The lowest BCUT2D eigenvalue weighted by molar-refractivity contribution is 0.102. The van der Waals surface area contributed by atoms with E-state index in [2.05, 4.69) is 21.2 Å². The van der Waals surface area contributed by atoms with Crippen molar-refractivity contribution in [3.05, 3.63) is 56.5 Å². The van der Waals surface area contributed by atoms with E-state index in [0.29, 0.717) is 31.5 Å². The van der Waals surface area contributed by atoms with Gasteiger partial charge in [0.25, 0.3) is 5.91 Å². The standard InChI is InChI=1S/C13H9BrCl2N2O/c14-9-3-1-2-8(12(9)16)13(19)18-11-6-7(17)4-5-10(11)15/h1-6H,17H2,(H,18,19). The fraction of sp³-hybridized carbons (Fsp3) is 0. The van der Waals surface area contributed by atoms with Crippen molar-refractivity contribution < 1.29 is 4.79 Å². The highest BCUT2D eigenvalue weighted by atomic mass is 79.9. The van der Waals surface area contributed by atoms with Crippen LogP contribution in [-0.4, -0.2) is 5.91 Å². The van der Waals surface area contributed by atoms with Gasteiger partial charge in [0.1, 0.15) is 0 Å². The Balaban J connectivity index is 2.31. The van der Waals surface area contributed by atoms with Crippen LogP contribution in [-0.2, 0) is 0 Å². The summed E-state index contributed by atoms with van der Waals surface area (Å²) in [5.74, 6) is -0.348. The van der Waals surface area contributed by atoms with E-state index in [9.17, 15) is 4.79 Å². The van der Waals surface area contributed by atoms with Crippen LogP contribution in [0.1, 0.15) is 10.4 Å². The Hall–Kier alpha value is -1.23. The molecule has 1 amide bonds. The summed E-state index contributed by atoms with van der Waals surface area (Å²) in [6, 6.07) is 9.98. The molecule has 0 aliphatic rings. The second-order valence-electron chi connectivity index (χ2n) is 3.79. The van der Waals surface area contributed by atoms with Gasteiger partial charge in [-0.3, -0.25) is 4.79 Å². The van der Waals surface area contributed by atoms with Gasteiger partial charge in [-0.1, -0.05) is 29.3 Å². The first kappa shape index (κ1) is 14.2. The highest BCUT2D eigenvalue weighted by Crippen LogP contribution is 2.28. The molecule has 0 spiro atoms. The van der Waals surface area contributed by atoms with Gasteiger partial charge < -0.3 is 11.1 Å². The third-order valence-electron chi connectivity index (χ3n) is 2.43. The second kappa shape index (κ2) is 5.82. The zero-order chi connectivity index (χ0) is 14.0. The first-order valence-electron chi connectivity index (χ1n) is 5.29. The van der Waals surface area contributed by atoms with Gasteiger partial charge in [-0.2, -0.15) is 0 Å². The molecule has 0 radical (unpaired) electrons. The highest BCUT2D eigenvalue weighted by molar-refractivity contribution is 9.10. The quantitative estimate of drug-likeness (QED) is 0.770. The minimum absolute atomic E-state index is 0.347. The Morgan fingerprint density at radius 1 is 1.21 bits per heavy atom.